The SMILES string of the molecule is CNC1CCCCC1Cc1nc(C(F)(F)F)no1. The van der Waals surface area contributed by atoms with Crippen LogP contribution < -0.4 is 5.32 Å². The van der Waals surface area contributed by atoms with Crippen LogP contribution in [0.1, 0.15) is 37.4 Å². The Balaban J connectivity index is 2.02. The molecule has 2 atom stereocenters. The van der Waals surface area contributed by atoms with Gasteiger partial charge in [-0.3, -0.25) is 0 Å². The number of halogens is 3. The number of hydrogen-bond donors (Lipinski definition) is 1. The first-order valence-electron chi connectivity index (χ1n) is 6.07. The van der Waals surface area contributed by atoms with Gasteiger partial charge < -0.3 is 9.84 Å². The van der Waals surface area contributed by atoms with Gasteiger partial charge in [-0.25, -0.2) is 0 Å². The normalized spacial score (nSPS) is 25.3. The first kappa shape index (κ1) is 13.3. The molecule has 1 aromatic rings. The van der Waals surface area contributed by atoms with Crippen LogP contribution in [0.4, 0.5) is 13.2 Å². The fourth-order valence-corrected chi connectivity index (χ4v) is 2.51. The van der Waals surface area contributed by atoms with Crippen LogP contribution in [0.15, 0.2) is 4.52 Å². The first-order valence-corrected chi connectivity index (χ1v) is 6.07. The van der Waals surface area contributed by atoms with Gasteiger partial charge in [-0.2, -0.15) is 18.2 Å². The molecule has 1 aliphatic rings. The highest BCUT2D eigenvalue weighted by molar-refractivity contribution is 4.94. The lowest BCUT2D eigenvalue weighted by Crippen LogP contribution is -2.37. The Morgan fingerprint density at radius 1 is 1.33 bits per heavy atom. The van der Waals surface area contributed by atoms with Gasteiger partial charge in [-0.1, -0.05) is 18.0 Å². The van der Waals surface area contributed by atoms with Gasteiger partial charge in [0, 0.05) is 12.5 Å². The van der Waals surface area contributed by atoms with Crippen molar-refractivity contribution in [3.63, 3.8) is 0 Å². The second kappa shape index (κ2) is 5.26. The summed E-state index contributed by atoms with van der Waals surface area (Å²) < 4.78 is 41.7. The largest absolute Gasteiger partial charge is 0.455 e. The molecule has 0 aliphatic heterocycles. The average molecular weight is 263 g/mol. The third kappa shape index (κ3) is 3.01. The molecule has 0 bridgehead atoms. The summed E-state index contributed by atoms with van der Waals surface area (Å²) in [7, 11) is 1.87. The predicted octanol–water partition coefficient (Wildman–Crippen LogP) is 2.41. The third-order valence-electron chi connectivity index (χ3n) is 3.44. The fourth-order valence-electron chi connectivity index (χ4n) is 2.51. The van der Waals surface area contributed by atoms with E-state index in [9.17, 15) is 13.2 Å². The molecule has 1 heterocycles. The van der Waals surface area contributed by atoms with E-state index in [1.165, 1.54) is 0 Å². The molecule has 0 radical (unpaired) electrons. The second-order valence-electron chi connectivity index (χ2n) is 4.65. The molecule has 0 aromatic carbocycles. The Kier molecular flexibility index (Phi) is 3.89. The van der Waals surface area contributed by atoms with Crippen molar-refractivity contribution in [1.82, 2.24) is 15.5 Å². The van der Waals surface area contributed by atoms with Crippen molar-refractivity contribution in [2.75, 3.05) is 7.05 Å². The van der Waals surface area contributed by atoms with Crippen LogP contribution in [0.5, 0.6) is 0 Å². The van der Waals surface area contributed by atoms with E-state index in [0.29, 0.717) is 12.5 Å². The monoisotopic (exact) mass is 263 g/mol. The summed E-state index contributed by atoms with van der Waals surface area (Å²) in [6.45, 7) is 0. The van der Waals surface area contributed by atoms with Crippen LogP contribution in [0.3, 0.4) is 0 Å². The van der Waals surface area contributed by atoms with Gasteiger partial charge >= 0.3 is 6.18 Å². The van der Waals surface area contributed by atoms with Crippen LogP contribution in [-0.2, 0) is 12.6 Å². The average Bonchev–Trinajstić information content (AvgIpc) is 2.78. The molecule has 2 unspecified atom stereocenters. The molecule has 0 amide bonds. The van der Waals surface area contributed by atoms with Gasteiger partial charge in [-0.05, 0) is 25.8 Å². The highest BCUT2D eigenvalue weighted by atomic mass is 19.4. The van der Waals surface area contributed by atoms with E-state index < -0.39 is 12.0 Å². The topological polar surface area (TPSA) is 51.0 Å². The molecular formula is C11H16F3N3O. The Morgan fingerprint density at radius 2 is 2.06 bits per heavy atom. The van der Waals surface area contributed by atoms with Gasteiger partial charge in [0.15, 0.2) is 0 Å². The molecule has 4 nitrogen and oxygen atoms in total. The van der Waals surface area contributed by atoms with Crippen molar-refractivity contribution < 1.29 is 17.7 Å². The molecule has 18 heavy (non-hydrogen) atoms. The Bertz CT molecular complexity index is 391. The van der Waals surface area contributed by atoms with Crippen LogP contribution in [0, 0.1) is 5.92 Å². The summed E-state index contributed by atoms with van der Waals surface area (Å²) in [5.74, 6) is -0.839. The summed E-state index contributed by atoms with van der Waals surface area (Å²) in [6, 6.07) is 0.319. The van der Waals surface area contributed by atoms with Gasteiger partial charge in [-0.15, -0.1) is 0 Å². The number of rotatable bonds is 3. The molecule has 0 spiro atoms. The van der Waals surface area contributed by atoms with E-state index in [1.807, 2.05) is 7.05 Å². The number of alkyl halides is 3. The summed E-state index contributed by atoms with van der Waals surface area (Å²) in [5.41, 5.74) is 0. The molecule has 1 N–H and O–H groups in total. The van der Waals surface area contributed by atoms with Gasteiger partial charge in [0.2, 0.25) is 5.89 Å². The van der Waals surface area contributed by atoms with Crippen LogP contribution >= 0.6 is 0 Å². The van der Waals surface area contributed by atoms with Crippen molar-refractivity contribution in [3.05, 3.63) is 11.7 Å². The minimum Gasteiger partial charge on any atom is -0.339 e. The summed E-state index contributed by atoms with van der Waals surface area (Å²) in [5, 5.41) is 6.17. The number of aromatic nitrogens is 2. The van der Waals surface area contributed by atoms with E-state index >= 15 is 0 Å². The smallest absolute Gasteiger partial charge is 0.339 e. The second-order valence-corrected chi connectivity index (χ2v) is 4.65. The lowest BCUT2D eigenvalue weighted by atomic mass is 9.82. The lowest BCUT2D eigenvalue weighted by molar-refractivity contribution is -0.146. The molecule has 0 saturated heterocycles. The molecule has 1 fully saturated rings. The molecule has 2 rings (SSSR count). The molecular weight excluding hydrogens is 247 g/mol. The number of nitrogens with one attached hydrogen (secondary N) is 1. The van der Waals surface area contributed by atoms with Crippen LogP contribution in [0.2, 0.25) is 0 Å². The Morgan fingerprint density at radius 3 is 2.67 bits per heavy atom. The lowest BCUT2D eigenvalue weighted by Gasteiger charge is -2.30. The Hall–Kier alpha value is -1.11. The maximum absolute atomic E-state index is 12.3. The standard InChI is InChI=1S/C11H16F3N3O/c1-15-8-5-3-2-4-7(8)6-9-16-10(17-18-9)11(12,13)14/h7-8,15H,2-6H2,1H3. The van der Waals surface area contributed by atoms with Crippen LogP contribution in [0.25, 0.3) is 0 Å². The van der Waals surface area contributed by atoms with Crippen molar-refractivity contribution in [3.8, 4) is 0 Å². The molecule has 7 heteroatoms. The van der Waals surface area contributed by atoms with E-state index in [-0.39, 0.29) is 11.8 Å². The van der Waals surface area contributed by atoms with E-state index in [0.717, 1.165) is 25.7 Å². The maximum atomic E-state index is 12.3. The first-order chi connectivity index (χ1) is 8.50. The van der Waals surface area contributed by atoms with Gasteiger partial charge in [0.25, 0.3) is 5.82 Å². The third-order valence-corrected chi connectivity index (χ3v) is 3.44. The zero-order valence-corrected chi connectivity index (χ0v) is 10.1. The summed E-state index contributed by atoms with van der Waals surface area (Å²) >= 11 is 0. The van der Waals surface area contributed by atoms with E-state index in [1.54, 1.807) is 0 Å². The van der Waals surface area contributed by atoms with Crippen LogP contribution in [-0.4, -0.2) is 23.2 Å². The highest BCUT2D eigenvalue weighted by Crippen LogP contribution is 2.29. The summed E-state index contributed by atoms with van der Waals surface area (Å²) in [6.07, 6.45) is 0.157. The molecule has 102 valence electrons. The number of hydrogen-bond acceptors (Lipinski definition) is 4. The number of nitrogens with zero attached hydrogens (tertiary/aromatic N) is 2. The molecule has 1 saturated carbocycles. The predicted molar refractivity (Wildman–Crippen MR) is 57.8 cm³/mol. The molecule has 1 aliphatic carbocycles. The Labute approximate surface area is 103 Å². The van der Waals surface area contributed by atoms with Gasteiger partial charge in [0.1, 0.15) is 0 Å². The minimum absolute atomic E-state index is 0.0782. The zero-order chi connectivity index (χ0) is 13.2. The zero-order valence-electron chi connectivity index (χ0n) is 10.1. The fraction of sp³-hybridized carbons (Fsp3) is 0.818. The minimum atomic E-state index is -4.53. The highest BCUT2D eigenvalue weighted by Gasteiger charge is 2.37. The van der Waals surface area contributed by atoms with E-state index in [4.69, 9.17) is 0 Å². The van der Waals surface area contributed by atoms with Gasteiger partial charge in [0.05, 0.1) is 0 Å². The quantitative estimate of drug-likeness (QED) is 0.909. The van der Waals surface area contributed by atoms with Crippen molar-refractivity contribution >= 4 is 0 Å². The van der Waals surface area contributed by atoms with Crippen molar-refractivity contribution in [1.29, 1.82) is 0 Å². The van der Waals surface area contributed by atoms with E-state index in [2.05, 4.69) is 20.0 Å². The van der Waals surface area contributed by atoms with Crippen molar-refractivity contribution in [2.45, 2.75) is 44.3 Å². The molecule has 1 aromatic heterocycles. The maximum Gasteiger partial charge on any atom is 0.455 e. The summed E-state index contributed by atoms with van der Waals surface area (Å²) in [4.78, 5) is 3.41. The van der Waals surface area contributed by atoms with Crippen molar-refractivity contribution in [2.24, 2.45) is 5.92 Å².